The molecule has 3 fully saturated rings. The van der Waals surface area contributed by atoms with E-state index in [0.29, 0.717) is 19.1 Å². The van der Waals surface area contributed by atoms with Crippen molar-refractivity contribution in [3.05, 3.63) is 48.0 Å². The topological polar surface area (TPSA) is 52.7 Å². The minimum atomic E-state index is 0.0248. The van der Waals surface area contributed by atoms with Crippen LogP contribution in [0.25, 0.3) is 10.8 Å². The standard InChI is InChI=1S/C29H39N3O2/c33-28(30-25-15-17-31(18-16-25)21-22-7-2-1-3-8-22)24-13-19-32(20-14-24)29(34)27-12-6-10-23-9-4-5-11-26(23)27/h4-6,9-12,22,24-25H,1-3,7-8,13-21H2,(H,30,33). The van der Waals surface area contributed by atoms with Crippen molar-refractivity contribution >= 4 is 22.6 Å². The van der Waals surface area contributed by atoms with Gasteiger partial charge in [-0.1, -0.05) is 55.7 Å². The maximum atomic E-state index is 13.2. The lowest BCUT2D eigenvalue weighted by Crippen LogP contribution is -2.49. The van der Waals surface area contributed by atoms with Crippen LogP contribution in [0.15, 0.2) is 42.5 Å². The third-order valence-corrected chi connectivity index (χ3v) is 8.35. The molecule has 5 rings (SSSR count). The normalized spacial score (nSPS) is 21.6. The summed E-state index contributed by atoms with van der Waals surface area (Å²) in [4.78, 5) is 30.7. The van der Waals surface area contributed by atoms with E-state index in [2.05, 4.69) is 10.2 Å². The van der Waals surface area contributed by atoms with Crippen molar-refractivity contribution in [1.82, 2.24) is 15.1 Å². The van der Waals surface area contributed by atoms with E-state index in [0.717, 1.165) is 61.0 Å². The van der Waals surface area contributed by atoms with Crippen LogP contribution in [-0.4, -0.2) is 60.4 Å². The first-order valence-corrected chi connectivity index (χ1v) is 13.5. The number of nitrogens with zero attached hydrogens (tertiary/aromatic N) is 2. The Kier molecular flexibility index (Phi) is 7.48. The molecule has 2 aliphatic heterocycles. The zero-order chi connectivity index (χ0) is 23.3. The summed E-state index contributed by atoms with van der Waals surface area (Å²) in [5.74, 6) is 1.20. The lowest BCUT2D eigenvalue weighted by atomic mass is 9.88. The summed E-state index contributed by atoms with van der Waals surface area (Å²) in [6, 6.07) is 14.3. The lowest BCUT2D eigenvalue weighted by Gasteiger charge is -2.37. The fourth-order valence-corrected chi connectivity index (χ4v) is 6.24. The Balaban J connectivity index is 1.07. The van der Waals surface area contributed by atoms with Crippen molar-refractivity contribution in [3.63, 3.8) is 0 Å². The summed E-state index contributed by atoms with van der Waals surface area (Å²) >= 11 is 0. The van der Waals surface area contributed by atoms with E-state index >= 15 is 0 Å². The van der Waals surface area contributed by atoms with Crippen LogP contribution in [0, 0.1) is 11.8 Å². The van der Waals surface area contributed by atoms with Crippen LogP contribution >= 0.6 is 0 Å². The van der Waals surface area contributed by atoms with Gasteiger partial charge in [-0.15, -0.1) is 0 Å². The molecule has 2 amide bonds. The highest BCUT2D eigenvalue weighted by atomic mass is 16.2. The van der Waals surface area contributed by atoms with Crippen molar-refractivity contribution in [2.45, 2.75) is 63.8 Å². The van der Waals surface area contributed by atoms with Crippen LogP contribution in [0.5, 0.6) is 0 Å². The van der Waals surface area contributed by atoms with Crippen LogP contribution < -0.4 is 5.32 Å². The first-order chi connectivity index (χ1) is 16.7. The number of benzene rings is 2. The van der Waals surface area contributed by atoms with Gasteiger partial charge in [0.1, 0.15) is 0 Å². The van der Waals surface area contributed by atoms with Gasteiger partial charge in [0, 0.05) is 50.2 Å². The average molecular weight is 462 g/mol. The van der Waals surface area contributed by atoms with Crippen molar-refractivity contribution < 1.29 is 9.59 Å². The highest BCUT2D eigenvalue weighted by Crippen LogP contribution is 2.26. The van der Waals surface area contributed by atoms with Gasteiger partial charge in [-0.25, -0.2) is 0 Å². The highest BCUT2D eigenvalue weighted by Gasteiger charge is 2.30. The molecule has 182 valence electrons. The minimum absolute atomic E-state index is 0.0248. The molecule has 0 radical (unpaired) electrons. The average Bonchev–Trinajstić information content (AvgIpc) is 2.90. The van der Waals surface area contributed by atoms with Gasteiger partial charge in [-0.2, -0.15) is 0 Å². The predicted molar refractivity (Wildman–Crippen MR) is 137 cm³/mol. The second-order valence-corrected chi connectivity index (χ2v) is 10.7. The van der Waals surface area contributed by atoms with Gasteiger partial charge in [-0.3, -0.25) is 9.59 Å². The van der Waals surface area contributed by atoms with Crippen LogP contribution in [0.3, 0.4) is 0 Å². The third kappa shape index (κ3) is 5.46. The first-order valence-electron chi connectivity index (χ1n) is 13.5. The zero-order valence-electron chi connectivity index (χ0n) is 20.4. The van der Waals surface area contributed by atoms with Crippen LogP contribution in [0.2, 0.25) is 0 Å². The van der Waals surface area contributed by atoms with Crippen LogP contribution in [-0.2, 0) is 4.79 Å². The Hall–Kier alpha value is -2.40. The van der Waals surface area contributed by atoms with E-state index in [1.807, 2.05) is 47.4 Å². The van der Waals surface area contributed by atoms with Crippen LogP contribution in [0.1, 0.15) is 68.1 Å². The number of piperidine rings is 2. The number of likely N-dealkylation sites (tertiary alicyclic amines) is 2. The molecule has 5 nitrogen and oxygen atoms in total. The number of hydrogen-bond acceptors (Lipinski definition) is 3. The largest absolute Gasteiger partial charge is 0.353 e. The molecular weight excluding hydrogens is 422 g/mol. The van der Waals surface area contributed by atoms with Gasteiger partial charge < -0.3 is 15.1 Å². The van der Waals surface area contributed by atoms with E-state index in [1.54, 1.807) is 0 Å². The molecule has 0 spiro atoms. The number of fused-ring (bicyclic) bond motifs is 1. The number of rotatable bonds is 5. The van der Waals surface area contributed by atoms with Crippen molar-refractivity contribution in [2.75, 3.05) is 32.7 Å². The number of carbonyl (C=O) groups excluding carboxylic acids is 2. The van der Waals surface area contributed by atoms with Gasteiger partial charge in [0.2, 0.25) is 5.91 Å². The van der Waals surface area contributed by atoms with Crippen molar-refractivity contribution in [1.29, 1.82) is 0 Å². The van der Waals surface area contributed by atoms with Gasteiger partial charge in [0.25, 0.3) is 5.91 Å². The number of carbonyl (C=O) groups is 2. The summed E-state index contributed by atoms with van der Waals surface area (Å²) in [5, 5.41) is 5.44. The molecule has 2 heterocycles. The molecule has 0 aromatic heterocycles. The van der Waals surface area contributed by atoms with E-state index in [-0.39, 0.29) is 17.7 Å². The van der Waals surface area contributed by atoms with Crippen LogP contribution in [0.4, 0.5) is 0 Å². The maximum Gasteiger partial charge on any atom is 0.254 e. The minimum Gasteiger partial charge on any atom is -0.353 e. The maximum absolute atomic E-state index is 13.2. The molecule has 3 aliphatic rings. The van der Waals surface area contributed by atoms with E-state index < -0.39 is 0 Å². The number of amides is 2. The number of nitrogens with one attached hydrogen (secondary N) is 1. The smallest absolute Gasteiger partial charge is 0.254 e. The molecule has 1 aliphatic carbocycles. The fraction of sp³-hybridized carbons (Fsp3) is 0.586. The first kappa shape index (κ1) is 23.3. The fourth-order valence-electron chi connectivity index (χ4n) is 6.24. The summed E-state index contributed by atoms with van der Waals surface area (Å²) in [5.41, 5.74) is 0.765. The summed E-state index contributed by atoms with van der Waals surface area (Å²) < 4.78 is 0. The Morgan fingerprint density at radius 2 is 1.50 bits per heavy atom. The molecule has 0 bridgehead atoms. The summed E-state index contributed by atoms with van der Waals surface area (Å²) in [7, 11) is 0. The molecule has 1 saturated carbocycles. The Morgan fingerprint density at radius 1 is 0.794 bits per heavy atom. The second-order valence-electron chi connectivity index (χ2n) is 10.7. The lowest BCUT2D eigenvalue weighted by molar-refractivity contribution is -0.127. The van der Waals surface area contributed by atoms with Gasteiger partial charge in [0.15, 0.2) is 0 Å². The van der Waals surface area contributed by atoms with Crippen molar-refractivity contribution in [3.8, 4) is 0 Å². The highest BCUT2D eigenvalue weighted by molar-refractivity contribution is 6.07. The Bertz CT molecular complexity index is 979. The third-order valence-electron chi connectivity index (χ3n) is 8.35. The Morgan fingerprint density at radius 3 is 2.26 bits per heavy atom. The zero-order valence-corrected chi connectivity index (χ0v) is 20.4. The molecule has 2 aromatic carbocycles. The van der Waals surface area contributed by atoms with Gasteiger partial charge in [0.05, 0.1) is 0 Å². The Labute approximate surface area is 203 Å². The van der Waals surface area contributed by atoms with Gasteiger partial charge >= 0.3 is 0 Å². The molecule has 0 atom stereocenters. The molecule has 0 unspecified atom stereocenters. The molecule has 1 N–H and O–H groups in total. The molecule has 34 heavy (non-hydrogen) atoms. The van der Waals surface area contributed by atoms with E-state index in [9.17, 15) is 9.59 Å². The van der Waals surface area contributed by atoms with Gasteiger partial charge in [-0.05, 0) is 61.3 Å². The number of hydrogen-bond donors (Lipinski definition) is 1. The molecular formula is C29H39N3O2. The SMILES string of the molecule is O=C(NC1CCN(CC2CCCCC2)CC1)C1CCN(C(=O)c2cccc3ccccc23)CC1. The monoisotopic (exact) mass is 461 g/mol. The van der Waals surface area contributed by atoms with E-state index in [1.165, 1.54) is 38.6 Å². The summed E-state index contributed by atoms with van der Waals surface area (Å²) in [6.07, 6.45) is 10.7. The predicted octanol–water partition coefficient (Wildman–Crippen LogP) is 4.85. The quantitative estimate of drug-likeness (QED) is 0.692. The van der Waals surface area contributed by atoms with E-state index in [4.69, 9.17) is 0 Å². The van der Waals surface area contributed by atoms with Crippen molar-refractivity contribution in [2.24, 2.45) is 11.8 Å². The second kappa shape index (κ2) is 10.9. The molecule has 2 aromatic rings. The molecule has 5 heteroatoms. The summed E-state index contributed by atoms with van der Waals surface area (Å²) in [6.45, 7) is 4.78. The molecule has 2 saturated heterocycles.